The molecular weight excluding hydrogens is 525 g/mol. The predicted octanol–water partition coefficient (Wildman–Crippen LogP) is -4.78. The third kappa shape index (κ3) is 1170. The minimum atomic E-state index is -5.17. The number of hydrogen-bond donors (Lipinski definition) is 0. The summed E-state index contributed by atoms with van der Waals surface area (Å²) >= 11 is 0. The zero-order chi connectivity index (χ0) is 13.5. The van der Waals surface area contributed by atoms with Gasteiger partial charge in [-0.1, -0.05) is 0 Å². The molecule has 12 nitrogen and oxygen atoms in total. The zero-order valence-corrected chi connectivity index (χ0v) is 18.0. The first-order chi connectivity index (χ1) is 6.00. The van der Waals surface area contributed by atoms with Crippen LogP contribution in [0, 0.1) is 0 Å². The van der Waals surface area contributed by atoms with E-state index in [0.717, 1.165) is 0 Å². The van der Waals surface area contributed by atoms with E-state index in [4.69, 9.17) is 52.6 Å². The maximum absolute atomic E-state index is 8.52. The maximum Gasteiger partial charge on any atom is 3.00 e. The summed E-state index contributed by atoms with van der Waals surface area (Å²) in [6.07, 6.45) is 0. The molecule has 0 bridgehead atoms. The molecule has 0 fully saturated rings. The molecule has 0 aliphatic carbocycles. The molecular formula is Al2O12S3Zr2. The molecule has 0 radical (unpaired) electrons. The van der Waals surface area contributed by atoms with Gasteiger partial charge >= 0.3 is 34.7 Å². The average molecular weight is 525 g/mol. The van der Waals surface area contributed by atoms with Crippen molar-refractivity contribution in [2.45, 2.75) is 0 Å². The van der Waals surface area contributed by atoms with E-state index in [1.807, 2.05) is 0 Å². The molecule has 0 unspecified atom stereocenters. The monoisotopic (exact) mass is 522 g/mol. The Kier molecular flexibility index (Phi) is 41.8. The van der Waals surface area contributed by atoms with Gasteiger partial charge in [0.25, 0.3) is 0 Å². The quantitative estimate of drug-likeness (QED) is 0.165. The molecule has 104 valence electrons. The molecule has 0 aliphatic heterocycles. The van der Waals surface area contributed by atoms with E-state index >= 15 is 0 Å². The maximum atomic E-state index is 8.52. The predicted molar refractivity (Wildman–Crippen MR) is 42.9 cm³/mol. The third-order valence-electron chi connectivity index (χ3n) is 0. The Morgan fingerprint density at radius 2 is 0.421 bits per heavy atom. The van der Waals surface area contributed by atoms with Crippen molar-refractivity contribution in [2.75, 3.05) is 0 Å². The molecule has 19 heteroatoms. The Morgan fingerprint density at radius 3 is 0.421 bits per heavy atom. The Morgan fingerprint density at radius 1 is 0.421 bits per heavy atom. The van der Waals surface area contributed by atoms with Crippen LogP contribution in [0.15, 0.2) is 0 Å². The Bertz CT molecular complexity index is 350. The first-order valence-corrected chi connectivity index (χ1v) is 6.00. The van der Waals surface area contributed by atoms with Crippen LogP contribution in [0.1, 0.15) is 0 Å². The van der Waals surface area contributed by atoms with Crippen LogP contribution in [-0.4, -0.2) is 87.3 Å². The average Bonchev–Trinajstić information content (AvgIpc) is 1.41. The van der Waals surface area contributed by atoms with E-state index in [0.29, 0.717) is 0 Å². The van der Waals surface area contributed by atoms with Crippen LogP contribution < -0.4 is 0 Å². The molecule has 0 heterocycles. The summed E-state index contributed by atoms with van der Waals surface area (Å²) in [6.45, 7) is 0. The van der Waals surface area contributed by atoms with E-state index < -0.39 is 31.2 Å². The van der Waals surface area contributed by atoms with Gasteiger partial charge in [0.05, 0.1) is 0 Å². The fraction of sp³-hybridized carbons (Fsp3) is 0. The van der Waals surface area contributed by atoms with Gasteiger partial charge in [0.1, 0.15) is 0 Å². The molecule has 0 rings (SSSR count). The summed E-state index contributed by atoms with van der Waals surface area (Å²) in [5, 5.41) is 0. The van der Waals surface area contributed by atoms with Crippen LogP contribution in [0.4, 0.5) is 0 Å². The molecule has 0 aliphatic rings. The molecule has 19 heavy (non-hydrogen) atoms. The van der Waals surface area contributed by atoms with E-state index in [9.17, 15) is 0 Å². The van der Waals surface area contributed by atoms with E-state index in [-0.39, 0.29) is 87.1 Å². The normalized spacial score (nSPS) is 9.16. The van der Waals surface area contributed by atoms with Crippen LogP contribution in [0.25, 0.3) is 0 Å². The fourth-order valence-corrected chi connectivity index (χ4v) is 0. The van der Waals surface area contributed by atoms with Gasteiger partial charge in [-0.25, -0.2) is 0 Å². The molecule has 0 saturated heterocycles. The second kappa shape index (κ2) is 18.5. The van der Waals surface area contributed by atoms with Crippen LogP contribution in [0.5, 0.6) is 0 Å². The van der Waals surface area contributed by atoms with Crippen LogP contribution in [0.3, 0.4) is 0 Å². The molecule has 0 spiro atoms. The number of hydrogen-bond acceptors (Lipinski definition) is 12. The van der Waals surface area contributed by atoms with Crippen molar-refractivity contribution in [3.63, 3.8) is 0 Å². The molecule has 0 N–H and O–H groups in total. The van der Waals surface area contributed by atoms with Crippen molar-refractivity contribution in [1.82, 2.24) is 0 Å². The fourth-order valence-electron chi connectivity index (χ4n) is 0. The van der Waals surface area contributed by atoms with E-state index in [1.54, 1.807) is 0 Å². The van der Waals surface area contributed by atoms with Crippen molar-refractivity contribution in [1.29, 1.82) is 0 Å². The second-order valence-electron chi connectivity index (χ2n) is 1.22. The summed E-state index contributed by atoms with van der Waals surface area (Å²) in [6, 6.07) is 0. The molecule has 0 aromatic carbocycles. The molecule has 0 saturated carbocycles. The Hall–Kier alpha value is 2.44. The van der Waals surface area contributed by atoms with Gasteiger partial charge < -0.3 is 27.3 Å². The molecule has 0 atom stereocenters. The third-order valence-corrected chi connectivity index (χ3v) is 0. The van der Waals surface area contributed by atoms with Crippen LogP contribution in [0.2, 0.25) is 0 Å². The summed E-state index contributed by atoms with van der Waals surface area (Å²) in [4.78, 5) is 0. The molecule has 0 amide bonds. The van der Waals surface area contributed by atoms with Gasteiger partial charge in [-0.15, -0.1) is 0 Å². The SMILES string of the molecule is O=S(=O)([O-])[O-].O=S(=O)([O-])[O-].O=S(=O)([O-])[O-].[Al+3].[Al+3].[Zr].[Zr]. The van der Waals surface area contributed by atoms with Gasteiger partial charge in [-0.05, 0) is 0 Å². The summed E-state index contributed by atoms with van der Waals surface area (Å²) in [7, 11) is -15.5. The van der Waals surface area contributed by atoms with Crippen molar-refractivity contribution in [3.8, 4) is 0 Å². The molecule has 0 aromatic rings. The van der Waals surface area contributed by atoms with E-state index in [2.05, 4.69) is 0 Å². The Labute approximate surface area is 169 Å². The largest absolute Gasteiger partial charge is 3.00 e. The van der Waals surface area contributed by atoms with Gasteiger partial charge in [0, 0.05) is 83.6 Å². The van der Waals surface area contributed by atoms with Gasteiger partial charge in [0.15, 0.2) is 0 Å². The van der Waals surface area contributed by atoms with Crippen molar-refractivity contribution in [3.05, 3.63) is 0 Å². The second-order valence-corrected chi connectivity index (χ2v) is 3.67. The summed E-state index contributed by atoms with van der Waals surface area (Å²) in [5.41, 5.74) is 0. The van der Waals surface area contributed by atoms with Gasteiger partial charge in [-0.3, -0.25) is 25.3 Å². The smallest absolute Gasteiger partial charge is 0.759 e. The van der Waals surface area contributed by atoms with Crippen LogP contribution in [-0.2, 0) is 83.6 Å². The van der Waals surface area contributed by atoms with Crippen LogP contribution >= 0.6 is 0 Å². The standard InChI is InChI=1S/2Al.3H2O4S.2Zr/c;;3*1-5(2,3)4;;/h;;3*(H2,1,2,3,4);;/q2*+3;;;;;/p-6. The van der Waals surface area contributed by atoms with Crippen molar-refractivity contribution >= 4 is 65.9 Å². The van der Waals surface area contributed by atoms with Crippen molar-refractivity contribution in [2.24, 2.45) is 0 Å². The topological polar surface area (TPSA) is 241 Å². The zero-order valence-electron chi connectivity index (χ0n) is 8.28. The van der Waals surface area contributed by atoms with Crippen molar-refractivity contribution < 1.29 is 105 Å². The van der Waals surface area contributed by atoms with E-state index in [1.165, 1.54) is 0 Å². The minimum Gasteiger partial charge on any atom is -0.759 e. The van der Waals surface area contributed by atoms with Gasteiger partial charge in [-0.2, -0.15) is 0 Å². The minimum absolute atomic E-state index is 0. The summed E-state index contributed by atoms with van der Waals surface area (Å²) < 4.78 is 102. The number of rotatable bonds is 0. The first-order valence-electron chi connectivity index (χ1n) is 2.00. The van der Waals surface area contributed by atoms with Gasteiger partial charge in [0.2, 0.25) is 0 Å². The Balaban J connectivity index is -0.0000000206. The molecule has 0 aromatic heterocycles. The summed E-state index contributed by atoms with van der Waals surface area (Å²) in [5.74, 6) is 0. The first kappa shape index (κ1) is 43.0.